The second-order valence-electron chi connectivity index (χ2n) is 5.10. The maximum absolute atomic E-state index is 12.7. The molecule has 0 aliphatic heterocycles. The molecule has 0 radical (unpaired) electrons. The molecule has 0 saturated carbocycles. The Morgan fingerprint density at radius 2 is 1.95 bits per heavy atom. The minimum Gasteiger partial charge on any atom is -0.444 e. The summed E-state index contributed by atoms with van der Waals surface area (Å²) in [5, 5.41) is 2.57. The average Bonchev–Trinajstić information content (AvgIpc) is 2.25. The number of hydrogen-bond donors (Lipinski definition) is 2. The van der Waals surface area contributed by atoms with Crippen LogP contribution in [-0.2, 0) is 9.47 Å². The third-order valence-electron chi connectivity index (χ3n) is 2.23. The molecule has 112 valence electrons. The summed E-state index contributed by atoms with van der Waals surface area (Å²) >= 11 is 0. The van der Waals surface area contributed by atoms with Crippen molar-refractivity contribution in [3.05, 3.63) is 11.5 Å². The van der Waals surface area contributed by atoms with E-state index in [0.29, 0.717) is 38.2 Å². The summed E-state index contributed by atoms with van der Waals surface area (Å²) in [6, 6.07) is 0. The number of amides is 1. The van der Waals surface area contributed by atoms with Gasteiger partial charge < -0.3 is 20.5 Å². The molecule has 0 bridgehead atoms. The van der Waals surface area contributed by atoms with Gasteiger partial charge in [0.1, 0.15) is 5.60 Å². The van der Waals surface area contributed by atoms with Crippen LogP contribution in [0.25, 0.3) is 0 Å². The molecule has 0 saturated heterocycles. The van der Waals surface area contributed by atoms with Crippen molar-refractivity contribution in [3.8, 4) is 0 Å². The third-order valence-corrected chi connectivity index (χ3v) is 2.23. The number of rotatable bonds is 7. The van der Waals surface area contributed by atoms with E-state index in [-0.39, 0.29) is 0 Å². The van der Waals surface area contributed by atoms with E-state index in [1.54, 1.807) is 20.8 Å². The molecule has 0 aromatic carbocycles. The van der Waals surface area contributed by atoms with E-state index in [0.717, 1.165) is 0 Å². The molecule has 0 fully saturated rings. The number of nitrogens with two attached hydrogens (primary N) is 1. The zero-order valence-corrected chi connectivity index (χ0v) is 12.2. The molecule has 0 aliphatic rings. The molecule has 0 aromatic rings. The van der Waals surface area contributed by atoms with Gasteiger partial charge in [-0.05, 0) is 39.2 Å². The van der Waals surface area contributed by atoms with Crippen molar-refractivity contribution in [3.63, 3.8) is 0 Å². The number of ether oxygens (including phenoxy) is 2. The summed E-state index contributed by atoms with van der Waals surface area (Å²) in [7, 11) is 0. The highest BCUT2D eigenvalue weighted by Crippen LogP contribution is 2.10. The van der Waals surface area contributed by atoms with E-state index >= 15 is 0 Å². The van der Waals surface area contributed by atoms with Crippen LogP contribution in [0.15, 0.2) is 11.5 Å². The molecular formula is C13H25FN2O3. The van der Waals surface area contributed by atoms with Gasteiger partial charge in [0.15, 0.2) is 5.95 Å². The highest BCUT2D eigenvalue weighted by molar-refractivity contribution is 5.67. The van der Waals surface area contributed by atoms with E-state index < -0.39 is 17.6 Å². The van der Waals surface area contributed by atoms with Crippen molar-refractivity contribution in [2.24, 2.45) is 5.73 Å². The molecule has 0 rings (SSSR count). The van der Waals surface area contributed by atoms with Gasteiger partial charge in [0.2, 0.25) is 0 Å². The molecule has 1 amide bonds. The van der Waals surface area contributed by atoms with Crippen LogP contribution in [0.2, 0.25) is 0 Å². The van der Waals surface area contributed by atoms with Crippen molar-refractivity contribution in [2.75, 3.05) is 19.8 Å². The summed E-state index contributed by atoms with van der Waals surface area (Å²) in [4.78, 5) is 11.3. The smallest absolute Gasteiger partial charge is 0.407 e. The normalized spacial score (nSPS) is 12.9. The number of carbonyl (C=O) groups excluding carboxylic acids is 1. The van der Waals surface area contributed by atoms with Gasteiger partial charge in [-0.3, -0.25) is 0 Å². The van der Waals surface area contributed by atoms with Gasteiger partial charge in [0.05, 0.1) is 13.2 Å². The zero-order valence-electron chi connectivity index (χ0n) is 12.2. The first-order valence-electron chi connectivity index (χ1n) is 6.44. The van der Waals surface area contributed by atoms with Gasteiger partial charge >= 0.3 is 6.09 Å². The Morgan fingerprint density at radius 3 is 2.42 bits per heavy atom. The van der Waals surface area contributed by atoms with Gasteiger partial charge in [0.25, 0.3) is 0 Å². The molecular weight excluding hydrogens is 251 g/mol. The summed E-state index contributed by atoms with van der Waals surface area (Å²) in [5.74, 6) is -0.627. The van der Waals surface area contributed by atoms with Crippen LogP contribution in [0.1, 0.15) is 40.5 Å². The van der Waals surface area contributed by atoms with Crippen molar-refractivity contribution >= 4 is 6.09 Å². The quantitative estimate of drug-likeness (QED) is 0.553. The second kappa shape index (κ2) is 8.74. The van der Waals surface area contributed by atoms with Gasteiger partial charge in [-0.15, -0.1) is 0 Å². The molecule has 0 atom stereocenters. The van der Waals surface area contributed by atoms with E-state index in [4.69, 9.17) is 15.2 Å². The summed E-state index contributed by atoms with van der Waals surface area (Å²) in [6.07, 6.45) is 0.561. The molecule has 0 aromatic heterocycles. The molecule has 0 heterocycles. The van der Waals surface area contributed by atoms with E-state index in [1.165, 1.54) is 0 Å². The average molecular weight is 276 g/mol. The van der Waals surface area contributed by atoms with Crippen LogP contribution in [-0.4, -0.2) is 31.5 Å². The first-order valence-corrected chi connectivity index (χ1v) is 6.44. The van der Waals surface area contributed by atoms with Crippen LogP contribution < -0.4 is 11.1 Å². The lowest BCUT2D eigenvalue weighted by Gasteiger charge is -2.19. The number of halogens is 1. The fourth-order valence-corrected chi connectivity index (χ4v) is 1.30. The standard InChI is InChI=1S/C13H25FN2O3/c1-5-10(11(14)15)6-8-18-9-7-16-12(17)19-13(2,3)4/h5-9,15H2,1-4H3,(H,16,17)/b11-10-. The molecule has 0 spiro atoms. The number of nitrogens with one attached hydrogen (secondary N) is 1. The second-order valence-corrected chi connectivity index (χ2v) is 5.10. The fraction of sp³-hybridized carbons (Fsp3) is 0.769. The predicted octanol–water partition coefficient (Wildman–Crippen LogP) is 2.47. The third kappa shape index (κ3) is 10.3. The highest BCUT2D eigenvalue weighted by Gasteiger charge is 2.15. The molecule has 19 heavy (non-hydrogen) atoms. The van der Waals surface area contributed by atoms with Crippen molar-refractivity contribution in [2.45, 2.75) is 46.1 Å². The Balaban J connectivity index is 3.61. The van der Waals surface area contributed by atoms with Crippen molar-refractivity contribution in [1.29, 1.82) is 0 Å². The summed E-state index contributed by atoms with van der Waals surface area (Å²) in [6.45, 7) is 8.30. The van der Waals surface area contributed by atoms with E-state index in [9.17, 15) is 9.18 Å². The van der Waals surface area contributed by atoms with Crippen molar-refractivity contribution < 1.29 is 18.7 Å². The summed E-state index contributed by atoms with van der Waals surface area (Å²) < 4.78 is 23.1. The monoisotopic (exact) mass is 276 g/mol. The topological polar surface area (TPSA) is 73.6 Å². The zero-order chi connectivity index (χ0) is 14.9. The number of hydrogen-bond acceptors (Lipinski definition) is 4. The van der Waals surface area contributed by atoms with Crippen LogP contribution in [0.4, 0.5) is 9.18 Å². The number of carbonyl (C=O) groups is 1. The molecule has 3 N–H and O–H groups in total. The lowest BCUT2D eigenvalue weighted by atomic mass is 10.1. The molecule has 0 unspecified atom stereocenters. The first-order chi connectivity index (χ1) is 8.76. The minimum absolute atomic E-state index is 0.350. The number of alkyl carbamates (subject to hydrolysis) is 1. The summed E-state index contributed by atoms with van der Waals surface area (Å²) in [5.41, 5.74) is 5.12. The van der Waals surface area contributed by atoms with Crippen LogP contribution in [0.3, 0.4) is 0 Å². The Bertz CT molecular complexity index is 308. The lowest BCUT2D eigenvalue weighted by Crippen LogP contribution is -2.34. The van der Waals surface area contributed by atoms with E-state index in [1.807, 2.05) is 6.92 Å². The van der Waals surface area contributed by atoms with E-state index in [2.05, 4.69) is 5.32 Å². The first kappa shape index (κ1) is 17.7. The predicted molar refractivity (Wildman–Crippen MR) is 72.3 cm³/mol. The Hall–Kier alpha value is -1.30. The van der Waals surface area contributed by atoms with Gasteiger partial charge in [-0.2, -0.15) is 4.39 Å². The molecule has 0 aliphatic carbocycles. The van der Waals surface area contributed by atoms with Crippen LogP contribution in [0, 0.1) is 0 Å². The minimum atomic E-state index is -0.627. The lowest BCUT2D eigenvalue weighted by molar-refractivity contribution is 0.0500. The van der Waals surface area contributed by atoms with Gasteiger partial charge in [0, 0.05) is 6.54 Å². The molecule has 5 nitrogen and oxygen atoms in total. The van der Waals surface area contributed by atoms with Crippen molar-refractivity contribution in [1.82, 2.24) is 5.32 Å². The highest BCUT2D eigenvalue weighted by atomic mass is 19.1. The SMILES string of the molecule is CC/C(CCOCCNC(=O)OC(C)(C)C)=C(/N)F. The van der Waals surface area contributed by atoms with Gasteiger partial charge in [-0.25, -0.2) is 4.79 Å². The Morgan fingerprint density at radius 1 is 1.32 bits per heavy atom. The van der Waals surface area contributed by atoms with Crippen LogP contribution in [0.5, 0.6) is 0 Å². The van der Waals surface area contributed by atoms with Crippen LogP contribution >= 0.6 is 0 Å². The Kier molecular flexibility index (Phi) is 8.14. The molecule has 6 heteroatoms. The largest absolute Gasteiger partial charge is 0.444 e. The maximum atomic E-state index is 12.7. The fourth-order valence-electron chi connectivity index (χ4n) is 1.30. The van der Waals surface area contributed by atoms with Gasteiger partial charge in [-0.1, -0.05) is 6.92 Å². The maximum Gasteiger partial charge on any atom is 0.407 e. The Labute approximate surface area is 114 Å².